The Morgan fingerprint density at radius 1 is 1.21 bits per heavy atom. The Morgan fingerprint density at radius 2 is 1.94 bits per heavy atom. The standard InChI is InChI=1S/C22H24N4O7/c1-13(17-11-16(32-3)8-9-18(17)33-4)23-19(27)12-25-20(28)22(2,24-21(25)29)14-6-5-7-15(10-14)26(30)31/h5-11,13H,12H2,1-4H3,(H,23,27)(H,24,29). The van der Waals surface area contributed by atoms with Crippen LogP contribution in [0.4, 0.5) is 10.5 Å². The topological polar surface area (TPSA) is 140 Å². The summed E-state index contributed by atoms with van der Waals surface area (Å²) in [4.78, 5) is 49.5. The van der Waals surface area contributed by atoms with Crippen molar-refractivity contribution in [2.75, 3.05) is 20.8 Å². The molecule has 1 aliphatic rings. The van der Waals surface area contributed by atoms with Crippen LogP contribution in [-0.4, -0.2) is 48.4 Å². The van der Waals surface area contributed by atoms with Gasteiger partial charge in [-0.05, 0) is 37.6 Å². The quantitative estimate of drug-likeness (QED) is 0.353. The average molecular weight is 456 g/mol. The number of urea groups is 1. The number of hydrogen-bond donors (Lipinski definition) is 2. The summed E-state index contributed by atoms with van der Waals surface area (Å²) in [5.74, 6) is -0.139. The lowest BCUT2D eigenvalue weighted by Crippen LogP contribution is -2.43. The molecule has 174 valence electrons. The van der Waals surface area contributed by atoms with E-state index in [1.165, 1.54) is 45.4 Å². The second kappa shape index (κ2) is 9.15. The second-order valence-corrected chi connectivity index (χ2v) is 7.65. The Kier molecular flexibility index (Phi) is 6.52. The molecule has 1 aliphatic heterocycles. The molecule has 2 N–H and O–H groups in total. The van der Waals surface area contributed by atoms with Gasteiger partial charge in [-0.2, -0.15) is 0 Å². The first-order valence-electron chi connectivity index (χ1n) is 10.0. The molecular weight excluding hydrogens is 432 g/mol. The molecule has 0 bridgehead atoms. The molecule has 11 heteroatoms. The van der Waals surface area contributed by atoms with Crippen molar-refractivity contribution in [3.05, 3.63) is 63.7 Å². The highest BCUT2D eigenvalue weighted by Gasteiger charge is 2.49. The zero-order valence-electron chi connectivity index (χ0n) is 18.6. The molecule has 0 saturated carbocycles. The van der Waals surface area contributed by atoms with Crippen molar-refractivity contribution in [1.29, 1.82) is 0 Å². The second-order valence-electron chi connectivity index (χ2n) is 7.65. The summed E-state index contributed by atoms with van der Waals surface area (Å²) in [6.07, 6.45) is 0. The molecule has 2 aromatic rings. The number of ether oxygens (including phenoxy) is 2. The Morgan fingerprint density at radius 3 is 2.58 bits per heavy atom. The first-order chi connectivity index (χ1) is 15.6. The number of imide groups is 1. The number of amides is 4. The molecule has 2 unspecified atom stereocenters. The van der Waals surface area contributed by atoms with Crippen LogP contribution in [0.15, 0.2) is 42.5 Å². The lowest BCUT2D eigenvalue weighted by molar-refractivity contribution is -0.385. The van der Waals surface area contributed by atoms with Crippen molar-refractivity contribution in [3.63, 3.8) is 0 Å². The van der Waals surface area contributed by atoms with E-state index >= 15 is 0 Å². The molecule has 3 rings (SSSR count). The van der Waals surface area contributed by atoms with Gasteiger partial charge in [0.15, 0.2) is 0 Å². The van der Waals surface area contributed by atoms with E-state index in [2.05, 4.69) is 10.6 Å². The summed E-state index contributed by atoms with van der Waals surface area (Å²) in [5, 5.41) is 16.4. The number of hydrogen-bond acceptors (Lipinski definition) is 7. The highest BCUT2D eigenvalue weighted by atomic mass is 16.6. The third-order valence-electron chi connectivity index (χ3n) is 5.49. The lowest BCUT2D eigenvalue weighted by Gasteiger charge is -2.22. The third-order valence-corrected chi connectivity index (χ3v) is 5.49. The Balaban J connectivity index is 1.75. The minimum Gasteiger partial charge on any atom is -0.497 e. The largest absolute Gasteiger partial charge is 0.497 e. The monoisotopic (exact) mass is 456 g/mol. The Bertz CT molecular complexity index is 1120. The van der Waals surface area contributed by atoms with E-state index in [1.807, 2.05) is 0 Å². The highest BCUT2D eigenvalue weighted by Crippen LogP contribution is 2.31. The van der Waals surface area contributed by atoms with Crippen LogP contribution in [0.1, 0.15) is 31.0 Å². The van der Waals surface area contributed by atoms with E-state index in [-0.39, 0.29) is 11.3 Å². The van der Waals surface area contributed by atoms with E-state index in [0.717, 1.165) is 4.90 Å². The van der Waals surface area contributed by atoms with Gasteiger partial charge in [0.2, 0.25) is 5.91 Å². The molecule has 33 heavy (non-hydrogen) atoms. The van der Waals surface area contributed by atoms with Crippen LogP contribution >= 0.6 is 0 Å². The summed E-state index contributed by atoms with van der Waals surface area (Å²) in [6.45, 7) is 2.65. The number of nitro benzene ring substituents is 1. The van der Waals surface area contributed by atoms with E-state index in [4.69, 9.17) is 9.47 Å². The van der Waals surface area contributed by atoms with Gasteiger partial charge in [0.25, 0.3) is 11.6 Å². The van der Waals surface area contributed by atoms with Gasteiger partial charge >= 0.3 is 6.03 Å². The fourth-order valence-electron chi connectivity index (χ4n) is 3.65. The Labute approximate surface area is 189 Å². The molecule has 0 spiro atoms. The van der Waals surface area contributed by atoms with Crippen LogP contribution in [-0.2, 0) is 15.1 Å². The SMILES string of the molecule is COc1ccc(OC)c(C(C)NC(=O)CN2C(=O)NC(C)(c3cccc([N+](=O)[O-])c3)C2=O)c1. The number of carbonyl (C=O) groups is 3. The molecule has 2 aromatic carbocycles. The number of carbonyl (C=O) groups excluding carboxylic acids is 3. The van der Waals surface area contributed by atoms with Gasteiger partial charge in [0, 0.05) is 17.7 Å². The number of nitrogens with one attached hydrogen (secondary N) is 2. The number of rotatable bonds is 8. The number of non-ortho nitro benzene ring substituents is 1. The summed E-state index contributed by atoms with van der Waals surface area (Å²) < 4.78 is 10.6. The van der Waals surface area contributed by atoms with Gasteiger partial charge < -0.3 is 20.1 Å². The normalized spacial score (nSPS) is 18.5. The molecule has 0 aliphatic carbocycles. The van der Waals surface area contributed by atoms with Crippen LogP contribution in [0.2, 0.25) is 0 Å². The first-order valence-corrected chi connectivity index (χ1v) is 10.0. The van der Waals surface area contributed by atoms with Crippen LogP contribution in [0.5, 0.6) is 11.5 Å². The van der Waals surface area contributed by atoms with Crippen molar-refractivity contribution in [2.45, 2.75) is 25.4 Å². The molecule has 0 radical (unpaired) electrons. The van der Waals surface area contributed by atoms with Crippen LogP contribution in [0.25, 0.3) is 0 Å². The van der Waals surface area contributed by atoms with E-state index in [9.17, 15) is 24.5 Å². The molecule has 2 atom stereocenters. The number of nitrogens with zero attached hydrogens (tertiary/aromatic N) is 2. The van der Waals surface area contributed by atoms with Crippen LogP contribution in [0.3, 0.4) is 0 Å². The maximum absolute atomic E-state index is 13.1. The summed E-state index contributed by atoms with van der Waals surface area (Å²) in [6, 6.07) is 9.31. The molecule has 4 amide bonds. The number of nitro groups is 1. The summed E-state index contributed by atoms with van der Waals surface area (Å²) in [7, 11) is 3.02. The van der Waals surface area contributed by atoms with E-state index in [1.54, 1.807) is 25.1 Å². The van der Waals surface area contributed by atoms with Crippen molar-refractivity contribution < 1.29 is 28.8 Å². The Hall–Kier alpha value is -4.15. The third kappa shape index (κ3) is 4.56. The molecular formula is C22H24N4O7. The van der Waals surface area contributed by atoms with Crippen molar-refractivity contribution in [2.24, 2.45) is 0 Å². The minimum absolute atomic E-state index is 0.215. The molecule has 1 saturated heterocycles. The average Bonchev–Trinajstić information content (AvgIpc) is 3.02. The molecule has 11 nitrogen and oxygen atoms in total. The van der Waals surface area contributed by atoms with Crippen molar-refractivity contribution in [1.82, 2.24) is 15.5 Å². The molecule has 1 heterocycles. The number of benzene rings is 2. The summed E-state index contributed by atoms with van der Waals surface area (Å²) >= 11 is 0. The maximum atomic E-state index is 13.1. The zero-order chi connectivity index (χ0) is 24.3. The smallest absolute Gasteiger partial charge is 0.325 e. The fourth-order valence-corrected chi connectivity index (χ4v) is 3.65. The first kappa shape index (κ1) is 23.5. The fraction of sp³-hybridized carbons (Fsp3) is 0.318. The van der Waals surface area contributed by atoms with Gasteiger partial charge in [-0.3, -0.25) is 24.6 Å². The lowest BCUT2D eigenvalue weighted by atomic mass is 9.91. The van der Waals surface area contributed by atoms with E-state index < -0.39 is 40.9 Å². The van der Waals surface area contributed by atoms with E-state index in [0.29, 0.717) is 17.1 Å². The van der Waals surface area contributed by atoms with Crippen LogP contribution < -0.4 is 20.1 Å². The minimum atomic E-state index is -1.54. The number of methoxy groups -OCH3 is 2. The van der Waals surface area contributed by atoms with Gasteiger partial charge in [0.1, 0.15) is 23.6 Å². The predicted molar refractivity (Wildman–Crippen MR) is 117 cm³/mol. The molecule has 1 fully saturated rings. The van der Waals surface area contributed by atoms with Gasteiger partial charge in [0.05, 0.1) is 25.2 Å². The predicted octanol–water partition coefficient (Wildman–Crippen LogP) is 2.26. The maximum Gasteiger partial charge on any atom is 0.325 e. The van der Waals surface area contributed by atoms with Crippen molar-refractivity contribution in [3.8, 4) is 11.5 Å². The van der Waals surface area contributed by atoms with Gasteiger partial charge in [-0.15, -0.1) is 0 Å². The molecule has 0 aromatic heterocycles. The zero-order valence-corrected chi connectivity index (χ0v) is 18.6. The highest BCUT2D eigenvalue weighted by molar-refractivity contribution is 6.09. The van der Waals surface area contributed by atoms with Gasteiger partial charge in [-0.25, -0.2) is 4.79 Å². The summed E-state index contributed by atoms with van der Waals surface area (Å²) in [5.41, 5.74) is -0.852. The van der Waals surface area contributed by atoms with Crippen LogP contribution in [0, 0.1) is 10.1 Å². The van der Waals surface area contributed by atoms with Crippen molar-refractivity contribution >= 4 is 23.5 Å². The van der Waals surface area contributed by atoms with Gasteiger partial charge in [-0.1, -0.05) is 12.1 Å².